The van der Waals surface area contributed by atoms with Crippen molar-refractivity contribution in [1.82, 2.24) is 9.88 Å². The largest absolute Gasteiger partial charge is 0.456 e. The Balaban J connectivity index is 1.32. The summed E-state index contributed by atoms with van der Waals surface area (Å²) in [5.41, 5.74) is 1.67. The first-order valence-corrected chi connectivity index (χ1v) is 12.8. The van der Waals surface area contributed by atoms with Crippen LogP contribution in [0.1, 0.15) is 45.5 Å². The van der Waals surface area contributed by atoms with Gasteiger partial charge in [-0.05, 0) is 43.2 Å². The van der Waals surface area contributed by atoms with E-state index >= 15 is 0 Å². The van der Waals surface area contributed by atoms with E-state index in [1.807, 2.05) is 11.1 Å². The van der Waals surface area contributed by atoms with Crippen LogP contribution >= 0.6 is 11.3 Å². The molecule has 1 amide bonds. The quantitative estimate of drug-likeness (QED) is 0.481. The molecule has 2 aromatic heterocycles. The van der Waals surface area contributed by atoms with Gasteiger partial charge in [-0.2, -0.15) is 13.2 Å². The minimum absolute atomic E-state index is 0.0780. The molecule has 0 aliphatic carbocycles. The summed E-state index contributed by atoms with van der Waals surface area (Å²) < 4.78 is 51.6. The van der Waals surface area contributed by atoms with Crippen molar-refractivity contribution in [1.29, 1.82) is 0 Å². The Hall–Kier alpha value is -2.89. The molecule has 5 rings (SSSR count). The van der Waals surface area contributed by atoms with Crippen molar-refractivity contribution in [3.8, 4) is 0 Å². The van der Waals surface area contributed by atoms with Gasteiger partial charge in [0.05, 0.1) is 22.4 Å². The summed E-state index contributed by atoms with van der Waals surface area (Å²) in [5, 5.41) is 2.68. The van der Waals surface area contributed by atoms with Crippen LogP contribution < -0.4 is 10.2 Å². The van der Waals surface area contributed by atoms with Crippen LogP contribution in [-0.2, 0) is 17.5 Å². The molecule has 0 radical (unpaired) electrons. The average molecular weight is 521 g/mol. The Morgan fingerprint density at radius 2 is 1.89 bits per heavy atom. The summed E-state index contributed by atoms with van der Waals surface area (Å²) >= 11 is 1.60. The molecule has 7 nitrogen and oxygen atoms in total. The number of furan rings is 1. The van der Waals surface area contributed by atoms with Gasteiger partial charge >= 0.3 is 6.18 Å². The number of benzene rings is 1. The van der Waals surface area contributed by atoms with E-state index in [2.05, 4.69) is 15.2 Å². The SMILES string of the molecule is O=C(Nc1cc(C(F)(F)F)ccc1N1CCN(Cc2cncs2)CC1)c1ccc(C2CCOCC2)o1. The van der Waals surface area contributed by atoms with Crippen LogP contribution in [0.25, 0.3) is 0 Å². The summed E-state index contributed by atoms with van der Waals surface area (Å²) in [6, 6.07) is 6.84. The number of carbonyl (C=O) groups excluding carboxylic acids is 1. The van der Waals surface area contributed by atoms with E-state index in [1.54, 1.807) is 29.0 Å². The molecule has 2 aliphatic rings. The van der Waals surface area contributed by atoms with Crippen molar-refractivity contribution in [3.05, 3.63) is 64.0 Å². The maximum atomic E-state index is 13.5. The first-order valence-electron chi connectivity index (χ1n) is 11.9. The summed E-state index contributed by atoms with van der Waals surface area (Å²) in [5.74, 6) is 0.377. The molecule has 0 spiro atoms. The lowest BCUT2D eigenvalue weighted by Gasteiger charge is -2.36. The van der Waals surface area contributed by atoms with Crippen LogP contribution in [0, 0.1) is 0 Å². The fraction of sp³-hybridized carbons (Fsp3) is 0.440. The monoisotopic (exact) mass is 520 g/mol. The zero-order chi connectivity index (χ0) is 25.1. The molecule has 0 bridgehead atoms. The average Bonchev–Trinajstić information content (AvgIpc) is 3.57. The fourth-order valence-electron chi connectivity index (χ4n) is 4.64. The van der Waals surface area contributed by atoms with Gasteiger partial charge < -0.3 is 19.4 Å². The van der Waals surface area contributed by atoms with E-state index in [0.29, 0.717) is 37.8 Å². The zero-order valence-corrected chi connectivity index (χ0v) is 20.4. The number of carbonyl (C=O) groups is 1. The van der Waals surface area contributed by atoms with E-state index in [1.165, 1.54) is 10.9 Å². The van der Waals surface area contributed by atoms with Crippen molar-refractivity contribution in [2.45, 2.75) is 31.5 Å². The second-order valence-electron chi connectivity index (χ2n) is 9.00. The number of amides is 1. The molecule has 2 saturated heterocycles. The molecule has 36 heavy (non-hydrogen) atoms. The second kappa shape index (κ2) is 10.6. The highest BCUT2D eigenvalue weighted by molar-refractivity contribution is 7.09. The number of halogens is 3. The molecule has 0 atom stereocenters. The van der Waals surface area contributed by atoms with Gasteiger partial charge in [0, 0.05) is 62.9 Å². The van der Waals surface area contributed by atoms with Crippen molar-refractivity contribution in [3.63, 3.8) is 0 Å². The number of nitrogens with one attached hydrogen (secondary N) is 1. The Morgan fingerprint density at radius 1 is 1.11 bits per heavy atom. The van der Waals surface area contributed by atoms with Gasteiger partial charge in [-0.25, -0.2) is 0 Å². The molecular weight excluding hydrogens is 493 g/mol. The second-order valence-corrected chi connectivity index (χ2v) is 9.97. The van der Waals surface area contributed by atoms with Crippen LogP contribution in [0.5, 0.6) is 0 Å². The van der Waals surface area contributed by atoms with Gasteiger partial charge in [0.2, 0.25) is 0 Å². The van der Waals surface area contributed by atoms with Crippen molar-refractivity contribution >= 4 is 28.6 Å². The van der Waals surface area contributed by atoms with Gasteiger partial charge in [0.1, 0.15) is 5.76 Å². The van der Waals surface area contributed by atoms with Crippen LogP contribution in [0.2, 0.25) is 0 Å². The number of aromatic nitrogens is 1. The molecule has 2 fully saturated rings. The number of piperazine rings is 1. The maximum Gasteiger partial charge on any atom is 0.416 e. The standard InChI is InChI=1S/C25H27F3N4O3S/c26-25(27,28)18-1-2-21(32-9-7-31(8-10-32)15-19-14-29-16-36-19)20(13-18)30-24(33)23-4-3-22(35-23)17-5-11-34-12-6-17/h1-4,13-14,16-17H,5-12,15H2,(H,30,33). The minimum Gasteiger partial charge on any atom is -0.456 e. The highest BCUT2D eigenvalue weighted by Gasteiger charge is 2.32. The number of alkyl halides is 3. The van der Waals surface area contributed by atoms with E-state index < -0.39 is 17.6 Å². The molecule has 0 unspecified atom stereocenters. The van der Waals surface area contributed by atoms with Crippen molar-refractivity contribution < 1.29 is 27.1 Å². The Labute approximate surface area is 210 Å². The van der Waals surface area contributed by atoms with Crippen molar-refractivity contribution in [2.24, 2.45) is 0 Å². The van der Waals surface area contributed by atoms with Crippen molar-refractivity contribution in [2.75, 3.05) is 49.6 Å². The summed E-state index contributed by atoms with van der Waals surface area (Å²) in [6.07, 6.45) is -1.06. The molecular formula is C25H27F3N4O3S. The maximum absolute atomic E-state index is 13.5. The Kier molecular flexibility index (Phi) is 7.31. The number of hydrogen-bond donors (Lipinski definition) is 1. The van der Waals surface area contributed by atoms with Crippen LogP contribution in [0.15, 0.2) is 46.5 Å². The van der Waals surface area contributed by atoms with E-state index in [0.717, 1.165) is 44.6 Å². The van der Waals surface area contributed by atoms with E-state index in [-0.39, 0.29) is 17.4 Å². The Morgan fingerprint density at radius 3 is 2.58 bits per heavy atom. The first-order chi connectivity index (χ1) is 17.4. The highest BCUT2D eigenvalue weighted by atomic mass is 32.1. The molecule has 0 saturated carbocycles. The van der Waals surface area contributed by atoms with E-state index in [9.17, 15) is 18.0 Å². The van der Waals surface area contributed by atoms with Gasteiger partial charge in [-0.1, -0.05) is 0 Å². The summed E-state index contributed by atoms with van der Waals surface area (Å²) in [7, 11) is 0. The molecule has 1 N–H and O–H groups in total. The topological polar surface area (TPSA) is 70.8 Å². The third kappa shape index (κ3) is 5.74. The lowest BCUT2D eigenvalue weighted by atomic mass is 9.98. The first kappa shape index (κ1) is 24.8. The molecule has 1 aromatic carbocycles. The molecule has 3 aromatic rings. The number of hydrogen-bond acceptors (Lipinski definition) is 7. The Bertz CT molecular complexity index is 1170. The molecule has 4 heterocycles. The smallest absolute Gasteiger partial charge is 0.416 e. The van der Waals surface area contributed by atoms with Gasteiger partial charge in [-0.15, -0.1) is 11.3 Å². The summed E-state index contributed by atoms with van der Waals surface area (Å²) in [6.45, 7) is 4.82. The third-order valence-electron chi connectivity index (χ3n) is 6.62. The molecule has 11 heteroatoms. The number of thiazole rings is 1. The van der Waals surface area contributed by atoms with Crippen LogP contribution in [-0.4, -0.2) is 55.2 Å². The molecule has 192 valence electrons. The highest BCUT2D eigenvalue weighted by Crippen LogP contribution is 2.36. The fourth-order valence-corrected chi connectivity index (χ4v) is 5.27. The minimum atomic E-state index is -4.52. The number of anilines is 2. The predicted molar refractivity (Wildman–Crippen MR) is 131 cm³/mol. The normalized spacial score (nSPS) is 17.9. The zero-order valence-electron chi connectivity index (χ0n) is 19.6. The third-order valence-corrected chi connectivity index (χ3v) is 7.39. The molecule has 2 aliphatic heterocycles. The number of nitrogens with zero attached hydrogens (tertiary/aromatic N) is 3. The lowest BCUT2D eigenvalue weighted by Crippen LogP contribution is -2.46. The summed E-state index contributed by atoms with van der Waals surface area (Å²) in [4.78, 5) is 22.6. The van der Waals surface area contributed by atoms with Gasteiger partial charge in [-0.3, -0.25) is 14.7 Å². The number of rotatable bonds is 6. The van der Waals surface area contributed by atoms with Gasteiger partial charge in [0.25, 0.3) is 5.91 Å². The van der Waals surface area contributed by atoms with Gasteiger partial charge in [0.15, 0.2) is 5.76 Å². The van der Waals surface area contributed by atoms with Crippen LogP contribution in [0.3, 0.4) is 0 Å². The predicted octanol–water partition coefficient (Wildman–Crippen LogP) is 5.22. The van der Waals surface area contributed by atoms with E-state index in [4.69, 9.17) is 9.15 Å². The lowest BCUT2D eigenvalue weighted by molar-refractivity contribution is -0.137. The number of ether oxygens (including phenoxy) is 1. The van der Waals surface area contributed by atoms with Crippen LogP contribution in [0.4, 0.5) is 24.5 Å².